The van der Waals surface area contributed by atoms with Gasteiger partial charge in [-0.2, -0.15) is 5.10 Å². The first kappa shape index (κ1) is 16.9. The Balaban J connectivity index is 1.76. The molecule has 1 aromatic heterocycles. The molecule has 0 bridgehead atoms. The van der Waals surface area contributed by atoms with E-state index in [9.17, 15) is 0 Å². The predicted molar refractivity (Wildman–Crippen MR) is 112 cm³/mol. The Bertz CT molecular complexity index is 1100. The van der Waals surface area contributed by atoms with Crippen LogP contribution in [0.2, 0.25) is 0 Å². The Kier molecular flexibility index (Phi) is 4.62. The smallest absolute Gasteiger partial charge is 0.162 e. The number of rotatable bonds is 4. The average molecular weight is 352 g/mol. The third-order valence-electron chi connectivity index (χ3n) is 4.43. The molecule has 0 fully saturated rings. The Morgan fingerprint density at radius 3 is 2.30 bits per heavy atom. The minimum absolute atomic E-state index is 0.684. The topological polar surface area (TPSA) is 50.2 Å². The van der Waals surface area contributed by atoms with Crippen molar-refractivity contribution in [1.29, 1.82) is 0 Å². The number of aryl methyl sites for hydroxylation is 1. The lowest BCUT2D eigenvalue weighted by Gasteiger charge is -2.09. The molecule has 0 amide bonds. The van der Waals surface area contributed by atoms with Crippen LogP contribution in [0.25, 0.3) is 22.3 Å². The highest BCUT2D eigenvalue weighted by Gasteiger charge is 2.09. The number of hydrogen-bond acceptors (Lipinski definition) is 4. The first-order valence-corrected chi connectivity index (χ1v) is 8.90. The molecule has 132 valence electrons. The highest BCUT2D eigenvalue weighted by molar-refractivity contribution is 5.99. The number of hydrazone groups is 1. The molecule has 0 spiro atoms. The van der Waals surface area contributed by atoms with E-state index in [1.165, 1.54) is 5.56 Å². The third kappa shape index (κ3) is 3.70. The summed E-state index contributed by atoms with van der Waals surface area (Å²) in [5.41, 5.74) is 8.19. The number of nitrogens with one attached hydrogen (secondary N) is 1. The molecule has 0 atom stereocenters. The lowest BCUT2D eigenvalue weighted by atomic mass is 10.1. The molecule has 3 aromatic carbocycles. The molecule has 27 heavy (non-hydrogen) atoms. The second-order valence-corrected chi connectivity index (χ2v) is 6.45. The maximum atomic E-state index is 4.74. The maximum absolute atomic E-state index is 4.74. The first-order chi connectivity index (χ1) is 13.2. The van der Waals surface area contributed by atoms with Gasteiger partial charge in [0.15, 0.2) is 11.6 Å². The molecule has 4 rings (SSSR count). The van der Waals surface area contributed by atoms with Crippen LogP contribution in [0.1, 0.15) is 18.1 Å². The standard InChI is InChI=1S/C23H20N4/c1-16-12-14-19(15-13-16)22-24-21-11-7-6-10-20(21)23(25-22)27-26-17(2)18-8-4-3-5-9-18/h3-15H,1-2H3,(H,24,25,27)/b26-17+. The molecule has 0 unspecified atom stereocenters. The Morgan fingerprint density at radius 1 is 0.815 bits per heavy atom. The summed E-state index contributed by atoms with van der Waals surface area (Å²) in [7, 11) is 0. The Hall–Kier alpha value is -3.53. The minimum Gasteiger partial charge on any atom is -0.260 e. The number of hydrogen-bond donors (Lipinski definition) is 1. The number of aromatic nitrogens is 2. The van der Waals surface area contributed by atoms with Gasteiger partial charge in [-0.1, -0.05) is 72.3 Å². The molecule has 0 radical (unpaired) electrons. The van der Waals surface area contributed by atoms with E-state index in [-0.39, 0.29) is 0 Å². The number of fused-ring (bicyclic) bond motifs is 1. The summed E-state index contributed by atoms with van der Waals surface area (Å²) in [4.78, 5) is 9.46. The van der Waals surface area contributed by atoms with Gasteiger partial charge in [-0.05, 0) is 31.5 Å². The highest BCUT2D eigenvalue weighted by Crippen LogP contribution is 2.25. The molecular weight excluding hydrogens is 332 g/mol. The van der Waals surface area contributed by atoms with Crippen LogP contribution < -0.4 is 5.43 Å². The molecule has 1 heterocycles. The number of nitrogens with zero attached hydrogens (tertiary/aromatic N) is 3. The van der Waals surface area contributed by atoms with Crippen LogP contribution in [-0.4, -0.2) is 15.7 Å². The van der Waals surface area contributed by atoms with Gasteiger partial charge in [0.05, 0.1) is 11.2 Å². The van der Waals surface area contributed by atoms with E-state index >= 15 is 0 Å². The first-order valence-electron chi connectivity index (χ1n) is 8.90. The van der Waals surface area contributed by atoms with Crippen LogP contribution >= 0.6 is 0 Å². The summed E-state index contributed by atoms with van der Waals surface area (Å²) < 4.78 is 0. The van der Waals surface area contributed by atoms with Crippen molar-refractivity contribution < 1.29 is 0 Å². The van der Waals surface area contributed by atoms with Gasteiger partial charge in [0, 0.05) is 10.9 Å². The SMILES string of the molecule is C/C(=N\Nc1nc(-c2ccc(C)cc2)nc2ccccc12)c1ccccc1. The second kappa shape index (κ2) is 7.38. The van der Waals surface area contributed by atoms with Gasteiger partial charge in [-0.25, -0.2) is 9.97 Å². The van der Waals surface area contributed by atoms with Crippen molar-refractivity contribution in [1.82, 2.24) is 9.97 Å². The summed E-state index contributed by atoms with van der Waals surface area (Å²) in [6, 6.07) is 26.3. The zero-order valence-corrected chi connectivity index (χ0v) is 15.3. The van der Waals surface area contributed by atoms with Crippen molar-refractivity contribution in [3.05, 3.63) is 90.0 Å². The molecule has 0 saturated heterocycles. The lowest BCUT2D eigenvalue weighted by Crippen LogP contribution is -2.03. The fraction of sp³-hybridized carbons (Fsp3) is 0.0870. The normalized spacial score (nSPS) is 11.6. The number of anilines is 1. The van der Waals surface area contributed by atoms with Crippen molar-refractivity contribution in [3.8, 4) is 11.4 Å². The van der Waals surface area contributed by atoms with Gasteiger partial charge in [0.25, 0.3) is 0 Å². The lowest BCUT2D eigenvalue weighted by molar-refractivity contribution is 1.18. The van der Waals surface area contributed by atoms with E-state index < -0.39 is 0 Å². The number of para-hydroxylation sites is 1. The van der Waals surface area contributed by atoms with Gasteiger partial charge in [0.1, 0.15) is 0 Å². The summed E-state index contributed by atoms with van der Waals surface area (Å²) in [6.07, 6.45) is 0. The summed E-state index contributed by atoms with van der Waals surface area (Å²) in [5.74, 6) is 1.38. The van der Waals surface area contributed by atoms with Crippen LogP contribution in [-0.2, 0) is 0 Å². The monoisotopic (exact) mass is 352 g/mol. The van der Waals surface area contributed by atoms with E-state index in [0.29, 0.717) is 11.6 Å². The van der Waals surface area contributed by atoms with Gasteiger partial charge < -0.3 is 0 Å². The minimum atomic E-state index is 0.684. The van der Waals surface area contributed by atoms with E-state index in [0.717, 1.165) is 27.7 Å². The van der Waals surface area contributed by atoms with Gasteiger partial charge in [-0.15, -0.1) is 0 Å². The van der Waals surface area contributed by atoms with Gasteiger partial charge in [-0.3, -0.25) is 5.43 Å². The van der Waals surface area contributed by atoms with Crippen molar-refractivity contribution in [3.63, 3.8) is 0 Å². The molecular formula is C23H20N4. The zero-order valence-electron chi connectivity index (χ0n) is 15.3. The van der Waals surface area contributed by atoms with Crippen LogP contribution in [0.5, 0.6) is 0 Å². The molecule has 1 N–H and O–H groups in total. The zero-order chi connectivity index (χ0) is 18.6. The van der Waals surface area contributed by atoms with Crippen LogP contribution in [0, 0.1) is 6.92 Å². The van der Waals surface area contributed by atoms with Gasteiger partial charge in [0.2, 0.25) is 0 Å². The van der Waals surface area contributed by atoms with E-state index in [1.54, 1.807) is 0 Å². The second-order valence-electron chi connectivity index (χ2n) is 6.45. The Morgan fingerprint density at radius 2 is 1.52 bits per heavy atom. The largest absolute Gasteiger partial charge is 0.260 e. The summed E-state index contributed by atoms with van der Waals surface area (Å²) >= 11 is 0. The summed E-state index contributed by atoms with van der Waals surface area (Å²) in [5, 5.41) is 5.48. The molecule has 4 nitrogen and oxygen atoms in total. The molecule has 0 aliphatic carbocycles. The Labute approximate surface area is 158 Å². The fourth-order valence-electron chi connectivity index (χ4n) is 2.87. The van der Waals surface area contributed by atoms with Crippen molar-refractivity contribution in [2.45, 2.75) is 13.8 Å². The quantitative estimate of drug-likeness (QED) is 0.393. The average Bonchev–Trinajstić information content (AvgIpc) is 2.72. The molecule has 0 aliphatic heterocycles. The maximum Gasteiger partial charge on any atom is 0.162 e. The highest BCUT2D eigenvalue weighted by atomic mass is 15.3. The van der Waals surface area contributed by atoms with Crippen LogP contribution in [0.4, 0.5) is 5.82 Å². The fourth-order valence-corrected chi connectivity index (χ4v) is 2.87. The van der Waals surface area contributed by atoms with Gasteiger partial charge >= 0.3 is 0 Å². The van der Waals surface area contributed by atoms with E-state index in [1.807, 2.05) is 73.7 Å². The predicted octanol–water partition coefficient (Wildman–Crippen LogP) is 5.44. The molecule has 0 aliphatic rings. The van der Waals surface area contributed by atoms with E-state index in [4.69, 9.17) is 9.97 Å². The summed E-state index contributed by atoms with van der Waals surface area (Å²) in [6.45, 7) is 4.05. The molecule has 0 saturated carbocycles. The number of benzene rings is 3. The van der Waals surface area contributed by atoms with E-state index in [2.05, 4.69) is 29.6 Å². The van der Waals surface area contributed by atoms with Crippen molar-refractivity contribution >= 4 is 22.4 Å². The van der Waals surface area contributed by atoms with Crippen molar-refractivity contribution in [2.75, 3.05) is 5.43 Å². The van der Waals surface area contributed by atoms with Crippen LogP contribution in [0.3, 0.4) is 0 Å². The third-order valence-corrected chi connectivity index (χ3v) is 4.43. The van der Waals surface area contributed by atoms with Crippen molar-refractivity contribution in [2.24, 2.45) is 5.10 Å². The van der Waals surface area contributed by atoms with Crippen LogP contribution in [0.15, 0.2) is 84.0 Å². The molecule has 4 heteroatoms. The molecule has 4 aromatic rings.